The molecule has 2 heterocycles. The molecule has 37 heavy (non-hydrogen) atoms. The summed E-state index contributed by atoms with van der Waals surface area (Å²) in [6.07, 6.45) is 2.04. The van der Waals surface area contributed by atoms with Gasteiger partial charge in [0.05, 0.1) is 12.5 Å². The van der Waals surface area contributed by atoms with Gasteiger partial charge in [0.2, 0.25) is 17.7 Å². The van der Waals surface area contributed by atoms with Crippen molar-refractivity contribution in [1.29, 1.82) is 0 Å². The van der Waals surface area contributed by atoms with Crippen molar-refractivity contribution in [2.24, 2.45) is 11.7 Å². The van der Waals surface area contributed by atoms with E-state index in [1.165, 1.54) is 4.90 Å². The van der Waals surface area contributed by atoms with Gasteiger partial charge in [0.1, 0.15) is 18.1 Å². The average Bonchev–Trinajstić information content (AvgIpc) is 3.48. The summed E-state index contributed by atoms with van der Waals surface area (Å²) in [5.41, 5.74) is 7.28. The van der Waals surface area contributed by atoms with Gasteiger partial charge in [0.25, 0.3) is 0 Å². The van der Waals surface area contributed by atoms with Crippen molar-refractivity contribution in [1.82, 2.24) is 20.5 Å². The second-order valence-corrected chi connectivity index (χ2v) is 9.59. The van der Waals surface area contributed by atoms with Gasteiger partial charge in [-0.15, -0.1) is 0 Å². The van der Waals surface area contributed by atoms with Crippen LogP contribution in [0.2, 0.25) is 0 Å². The third kappa shape index (κ3) is 6.64. The van der Waals surface area contributed by atoms with E-state index in [-0.39, 0.29) is 18.9 Å². The molecule has 12 nitrogen and oxygen atoms in total. The number of likely N-dealkylation sites (tertiary alicyclic amines) is 1. The van der Waals surface area contributed by atoms with E-state index >= 15 is 0 Å². The molecule has 0 bridgehead atoms. The number of fused-ring (bicyclic) bond motifs is 1. The van der Waals surface area contributed by atoms with Gasteiger partial charge in [0, 0.05) is 30.1 Å². The molecule has 12 heteroatoms. The minimum Gasteiger partial charge on any atom is -0.481 e. The van der Waals surface area contributed by atoms with Gasteiger partial charge in [0.15, 0.2) is 0 Å². The number of nitrogens with zero attached hydrogens (tertiary/aromatic N) is 1. The molecule has 3 rings (SSSR count). The van der Waals surface area contributed by atoms with E-state index in [1.807, 2.05) is 24.3 Å². The third-order valence-corrected chi connectivity index (χ3v) is 6.51. The van der Waals surface area contributed by atoms with Gasteiger partial charge >= 0.3 is 11.9 Å². The number of benzene rings is 1. The van der Waals surface area contributed by atoms with E-state index in [2.05, 4.69) is 15.6 Å². The van der Waals surface area contributed by atoms with E-state index in [9.17, 15) is 29.1 Å². The molecule has 0 aliphatic carbocycles. The number of rotatable bonds is 11. The number of amides is 3. The van der Waals surface area contributed by atoms with E-state index in [4.69, 9.17) is 10.8 Å². The molecule has 1 aliphatic rings. The number of carbonyl (C=O) groups excluding carboxylic acids is 3. The van der Waals surface area contributed by atoms with Crippen molar-refractivity contribution in [3.63, 3.8) is 0 Å². The zero-order chi connectivity index (χ0) is 27.3. The number of hydrogen-bond acceptors (Lipinski definition) is 6. The van der Waals surface area contributed by atoms with Gasteiger partial charge in [-0.2, -0.15) is 0 Å². The van der Waals surface area contributed by atoms with E-state index < -0.39 is 60.2 Å². The Kier molecular flexibility index (Phi) is 8.87. The maximum Gasteiger partial charge on any atom is 0.326 e. The Hall–Kier alpha value is -3.93. The molecule has 0 spiro atoms. The first-order valence-electron chi connectivity index (χ1n) is 12.2. The summed E-state index contributed by atoms with van der Waals surface area (Å²) in [4.78, 5) is 66.0. The van der Waals surface area contributed by atoms with E-state index in [0.717, 1.165) is 16.5 Å². The number of carboxylic acids is 2. The summed E-state index contributed by atoms with van der Waals surface area (Å²) >= 11 is 0. The predicted octanol–water partition coefficient (Wildman–Crippen LogP) is 0.214. The number of nitrogens with two attached hydrogens (primary N) is 1. The van der Waals surface area contributed by atoms with Gasteiger partial charge in [-0.25, -0.2) is 4.79 Å². The molecule has 0 saturated carbocycles. The van der Waals surface area contributed by atoms with Crippen LogP contribution in [0.1, 0.15) is 38.7 Å². The lowest BCUT2D eigenvalue weighted by atomic mass is 10.0. The molecule has 1 aliphatic heterocycles. The van der Waals surface area contributed by atoms with Crippen molar-refractivity contribution in [2.75, 3.05) is 6.54 Å². The summed E-state index contributed by atoms with van der Waals surface area (Å²) < 4.78 is 0. The van der Waals surface area contributed by atoms with Gasteiger partial charge in [-0.1, -0.05) is 32.0 Å². The second-order valence-electron chi connectivity index (χ2n) is 9.59. The van der Waals surface area contributed by atoms with Crippen LogP contribution in [0.15, 0.2) is 30.5 Å². The molecular formula is C25H33N5O7. The number of aromatic nitrogens is 1. The molecule has 0 radical (unpaired) electrons. The minimum absolute atomic E-state index is 0.0379. The van der Waals surface area contributed by atoms with Crippen LogP contribution in [0.25, 0.3) is 10.9 Å². The first-order chi connectivity index (χ1) is 17.5. The van der Waals surface area contributed by atoms with Crippen LogP contribution >= 0.6 is 0 Å². The molecule has 1 saturated heterocycles. The Morgan fingerprint density at radius 3 is 2.49 bits per heavy atom. The Balaban J connectivity index is 1.69. The lowest BCUT2D eigenvalue weighted by Gasteiger charge is -2.29. The summed E-state index contributed by atoms with van der Waals surface area (Å²) in [6.45, 7) is 3.66. The molecule has 1 fully saturated rings. The number of aliphatic carboxylic acids is 2. The maximum absolute atomic E-state index is 13.1. The van der Waals surface area contributed by atoms with Gasteiger partial charge in [-0.3, -0.25) is 19.2 Å². The predicted molar refractivity (Wildman–Crippen MR) is 133 cm³/mol. The highest BCUT2D eigenvalue weighted by Crippen LogP contribution is 2.21. The van der Waals surface area contributed by atoms with E-state index in [1.54, 1.807) is 20.0 Å². The van der Waals surface area contributed by atoms with Crippen molar-refractivity contribution < 1.29 is 34.2 Å². The number of para-hydroxylation sites is 1. The smallest absolute Gasteiger partial charge is 0.326 e. The lowest BCUT2D eigenvalue weighted by molar-refractivity contribution is -0.144. The van der Waals surface area contributed by atoms with Crippen LogP contribution in [-0.2, 0) is 30.4 Å². The summed E-state index contributed by atoms with van der Waals surface area (Å²) in [6, 6.07) is 2.95. The largest absolute Gasteiger partial charge is 0.481 e. The first-order valence-corrected chi connectivity index (χ1v) is 12.2. The zero-order valence-corrected chi connectivity index (χ0v) is 20.8. The average molecular weight is 516 g/mol. The monoisotopic (exact) mass is 515 g/mol. The third-order valence-electron chi connectivity index (χ3n) is 6.51. The van der Waals surface area contributed by atoms with Crippen LogP contribution < -0.4 is 16.4 Å². The SMILES string of the molecule is CC(C)C(NC(=O)C1CCCN1C(=O)C(N)CC(=O)O)C(=O)NC(Cc1c[nH]c2ccccc12)C(=O)O. The molecular weight excluding hydrogens is 482 g/mol. The van der Waals surface area contributed by atoms with Crippen LogP contribution in [0.3, 0.4) is 0 Å². The minimum atomic E-state index is -1.28. The van der Waals surface area contributed by atoms with Crippen LogP contribution in [-0.4, -0.2) is 80.5 Å². The van der Waals surface area contributed by atoms with Crippen molar-refractivity contribution in [3.8, 4) is 0 Å². The van der Waals surface area contributed by atoms with Crippen molar-refractivity contribution in [3.05, 3.63) is 36.0 Å². The summed E-state index contributed by atoms with van der Waals surface area (Å²) in [5, 5.41) is 24.7. The fraction of sp³-hybridized carbons (Fsp3) is 0.480. The molecule has 200 valence electrons. The zero-order valence-electron chi connectivity index (χ0n) is 20.8. The summed E-state index contributed by atoms with van der Waals surface area (Å²) in [5.74, 6) is -4.70. The fourth-order valence-corrected chi connectivity index (χ4v) is 4.56. The van der Waals surface area contributed by atoms with Crippen LogP contribution in [0.4, 0.5) is 0 Å². The van der Waals surface area contributed by atoms with Gasteiger partial charge < -0.3 is 36.5 Å². The molecule has 4 atom stereocenters. The molecule has 7 N–H and O–H groups in total. The highest BCUT2D eigenvalue weighted by molar-refractivity contribution is 5.95. The van der Waals surface area contributed by atoms with Crippen LogP contribution in [0.5, 0.6) is 0 Å². The Morgan fingerprint density at radius 1 is 1.14 bits per heavy atom. The number of aromatic amines is 1. The normalized spacial score (nSPS) is 17.8. The molecule has 3 amide bonds. The number of nitrogens with one attached hydrogen (secondary N) is 3. The van der Waals surface area contributed by atoms with Crippen molar-refractivity contribution >= 4 is 40.6 Å². The number of carboxylic acid groups (broad SMARTS) is 2. The lowest BCUT2D eigenvalue weighted by Crippen LogP contribution is -2.58. The molecule has 1 aromatic carbocycles. The Bertz CT molecular complexity index is 1180. The standard InChI is InChI=1S/C25H33N5O7/c1-13(2)21(29-22(33)19-8-5-9-30(19)24(35)16(26)11-20(31)32)23(34)28-18(25(36)37)10-14-12-27-17-7-4-3-6-15(14)17/h3-4,6-7,12-13,16,18-19,21,27H,5,8-11,26H2,1-2H3,(H,28,34)(H,29,33)(H,31,32)(H,36,37). The van der Waals surface area contributed by atoms with E-state index in [0.29, 0.717) is 12.8 Å². The highest BCUT2D eigenvalue weighted by atomic mass is 16.4. The second kappa shape index (κ2) is 11.9. The number of carbonyl (C=O) groups is 5. The quantitative estimate of drug-likeness (QED) is 0.244. The summed E-state index contributed by atoms with van der Waals surface area (Å²) in [7, 11) is 0. The highest BCUT2D eigenvalue weighted by Gasteiger charge is 2.39. The van der Waals surface area contributed by atoms with Crippen LogP contribution in [0, 0.1) is 5.92 Å². The van der Waals surface area contributed by atoms with Gasteiger partial charge in [-0.05, 0) is 30.4 Å². The Labute approximate surface area is 213 Å². The fourth-order valence-electron chi connectivity index (χ4n) is 4.56. The topological polar surface area (TPSA) is 195 Å². The molecule has 1 aromatic heterocycles. The molecule has 4 unspecified atom stereocenters. The number of H-pyrrole nitrogens is 1. The molecule has 2 aromatic rings. The number of hydrogen-bond donors (Lipinski definition) is 6. The van der Waals surface area contributed by atoms with Crippen molar-refractivity contribution in [2.45, 2.75) is 63.7 Å². The first kappa shape index (κ1) is 27.7. The Morgan fingerprint density at radius 2 is 1.84 bits per heavy atom. The maximum atomic E-state index is 13.1.